The number of benzene rings is 2. The Morgan fingerprint density at radius 1 is 1.00 bits per heavy atom. The van der Waals surface area contributed by atoms with Crippen LogP contribution in [0.2, 0.25) is 0 Å². The van der Waals surface area contributed by atoms with Crippen molar-refractivity contribution in [3.05, 3.63) is 53.6 Å². The van der Waals surface area contributed by atoms with E-state index in [2.05, 4.69) is 35.6 Å². The van der Waals surface area contributed by atoms with Crippen molar-refractivity contribution in [2.75, 3.05) is 26.1 Å². The highest BCUT2D eigenvalue weighted by Gasteiger charge is 2.26. The van der Waals surface area contributed by atoms with Crippen LogP contribution in [0.25, 0.3) is 0 Å². The second-order valence-electron chi connectivity index (χ2n) is 4.63. The maximum atomic E-state index is 5.49. The van der Waals surface area contributed by atoms with Crippen LogP contribution in [0.5, 0.6) is 11.5 Å². The highest BCUT2D eigenvalue weighted by Crippen LogP contribution is 2.40. The Morgan fingerprint density at radius 3 is 2.63 bits per heavy atom. The van der Waals surface area contributed by atoms with Gasteiger partial charge in [0.1, 0.15) is 11.5 Å². The summed E-state index contributed by atoms with van der Waals surface area (Å²) in [6.07, 6.45) is 0. The summed E-state index contributed by atoms with van der Waals surface area (Å²) in [6, 6.07) is 14.4. The van der Waals surface area contributed by atoms with Gasteiger partial charge in [0.25, 0.3) is 0 Å². The number of methoxy groups -OCH3 is 2. The van der Waals surface area contributed by atoms with E-state index >= 15 is 0 Å². The molecule has 1 N–H and O–H groups in total. The highest BCUT2D eigenvalue weighted by atomic mass is 16.5. The zero-order valence-corrected chi connectivity index (χ0v) is 11.1. The van der Waals surface area contributed by atoms with E-state index in [9.17, 15) is 0 Å². The first-order valence-corrected chi connectivity index (χ1v) is 6.38. The predicted octanol–water partition coefficient (Wildman–Crippen LogP) is 3.26. The molecule has 98 valence electrons. The van der Waals surface area contributed by atoms with Gasteiger partial charge in [-0.05, 0) is 29.8 Å². The number of ether oxygens (including phenoxy) is 2. The van der Waals surface area contributed by atoms with Gasteiger partial charge >= 0.3 is 0 Å². The molecule has 19 heavy (non-hydrogen) atoms. The Morgan fingerprint density at radius 2 is 1.84 bits per heavy atom. The number of fused-ring (bicyclic) bond motifs is 1. The molecule has 0 fully saturated rings. The van der Waals surface area contributed by atoms with Gasteiger partial charge in [-0.15, -0.1) is 0 Å². The minimum absolute atomic E-state index is 0.307. The van der Waals surface area contributed by atoms with Gasteiger partial charge in [0.15, 0.2) is 0 Å². The largest absolute Gasteiger partial charge is 0.497 e. The minimum atomic E-state index is 0.307. The van der Waals surface area contributed by atoms with E-state index in [0.717, 1.165) is 18.0 Å². The molecule has 0 saturated carbocycles. The van der Waals surface area contributed by atoms with Crippen molar-refractivity contribution in [3.8, 4) is 11.5 Å². The van der Waals surface area contributed by atoms with Crippen LogP contribution in [-0.4, -0.2) is 20.8 Å². The SMILES string of the molecule is COc1ccc(OC)c(C2CNc3ccccc32)c1. The van der Waals surface area contributed by atoms with Gasteiger partial charge in [0.05, 0.1) is 14.2 Å². The average molecular weight is 255 g/mol. The zero-order valence-electron chi connectivity index (χ0n) is 11.1. The van der Waals surface area contributed by atoms with Crippen LogP contribution in [0.3, 0.4) is 0 Å². The Labute approximate surface area is 113 Å². The molecule has 0 aliphatic carbocycles. The number of para-hydroxylation sites is 1. The third kappa shape index (κ3) is 2.01. The molecule has 3 heteroatoms. The van der Waals surface area contributed by atoms with E-state index in [1.165, 1.54) is 16.8 Å². The van der Waals surface area contributed by atoms with Crippen molar-refractivity contribution in [1.82, 2.24) is 0 Å². The summed E-state index contributed by atoms with van der Waals surface area (Å²) >= 11 is 0. The summed E-state index contributed by atoms with van der Waals surface area (Å²) in [5, 5.41) is 3.44. The van der Waals surface area contributed by atoms with Crippen LogP contribution >= 0.6 is 0 Å². The van der Waals surface area contributed by atoms with Crippen LogP contribution < -0.4 is 14.8 Å². The van der Waals surface area contributed by atoms with Gasteiger partial charge in [-0.2, -0.15) is 0 Å². The van der Waals surface area contributed by atoms with Crippen LogP contribution in [0.1, 0.15) is 17.0 Å². The first kappa shape index (κ1) is 11.9. The molecule has 0 radical (unpaired) electrons. The first-order valence-electron chi connectivity index (χ1n) is 6.38. The van der Waals surface area contributed by atoms with Gasteiger partial charge in [0, 0.05) is 23.7 Å². The van der Waals surface area contributed by atoms with E-state index < -0.39 is 0 Å². The maximum absolute atomic E-state index is 5.49. The monoisotopic (exact) mass is 255 g/mol. The maximum Gasteiger partial charge on any atom is 0.123 e. The lowest BCUT2D eigenvalue weighted by Gasteiger charge is -2.16. The molecule has 1 unspecified atom stereocenters. The molecule has 0 amide bonds. The molecule has 1 heterocycles. The summed E-state index contributed by atoms with van der Waals surface area (Å²) in [7, 11) is 3.39. The smallest absolute Gasteiger partial charge is 0.123 e. The predicted molar refractivity (Wildman–Crippen MR) is 76.3 cm³/mol. The van der Waals surface area contributed by atoms with Crippen LogP contribution in [0.15, 0.2) is 42.5 Å². The van der Waals surface area contributed by atoms with Crippen molar-refractivity contribution in [2.24, 2.45) is 0 Å². The molecule has 1 aliphatic heterocycles. The van der Waals surface area contributed by atoms with E-state index in [4.69, 9.17) is 9.47 Å². The average Bonchev–Trinajstić information content (AvgIpc) is 2.90. The fraction of sp³-hybridized carbons (Fsp3) is 0.250. The number of hydrogen-bond donors (Lipinski definition) is 1. The van der Waals surface area contributed by atoms with Crippen molar-refractivity contribution in [2.45, 2.75) is 5.92 Å². The molecule has 3 rings (SSSR count). The molecule has 3 nitrogen and oxygen atoms in total. The van der Waals surface area contributed by atoms with Crippen molar-refractivity contribution >= 4 is 5.69 Å². The summed E-state index contributed by atoms with van der Waals surface area (Å²) < 4.78 is 10.8. The Balaban J connectivity index is 2.08. The van der Waals surface area contributed by atoms with Crippen LogP contribution in [0, 0.1) is 0 Å². The molecule has 2 aromatic rings. The van der Waals surface area contributed by atoms with Crippen molar-refractivity contribution in [3.63, 3.8) is 0 Å². The van der Waals surface area contributed by atoms with Gasteiger partial charge in [-0.1, -0.05) is 18.2 Å². The van der Waals surface area contributed by atoms with Crippen molar-refractivity contribution < 1.29 is 9.47 Å². The van der Waals surface area contributed by atoms with Crippen molar-refractivity contribution in [1.29, 1.82) is 0 Å². The second-order valence-corrected chi connectivity index (χ2v) is 4.63. The second kappa shape index (κ2) is 4.84. The first-order chi connectivity index (χ1) is 9.33. The lowest BCUT2D eigenvalue weighted by molar-refractivity contribution is 0.397. The van der Waals surface area contributed by atoms with Gasteiger partial charge < -0.3 is 14.8 Å². The molecule has 0 aromatic heterocycles. The Hall–Kier alpha value is -2.16. The molecule has 2 aromatic carbocycles. The van der Waals surface area contributed by atoms with Gasteiger partial charge in [-0.3, -0.25) is 0 Å². The lowest BCUT2D eigenvalue weighted by atomic mass is 9.92. The number of nitrogens with one attached hydrogen (secondary N) is 1. The fourth-order valence-corrected chi connectivity index (χ4v) is 2.67. The van der Waals surface area contributed by atoms with Gasteiger partial charge in [-0.25, -0.2) is 0 Å². The molecular formula is C16H17NO2. The van der Waals surface area contributed by atoms with E-state index in [1.807, 2.05) is 12.1 Å². The summed E-state index contributed by atoms with van der Waals surface area (Å²) in [5.41, 5.74) is 3.69. The van der Waals surface area contributed by atoms with E-state index in [-0.39, 0.29) is 0 Å². The molecule has 1 aliphatic rings. The van der Waals surface area contributed by atoms with Crippen LogP contribution in [0.4, 0.5) is 5.69 Å². The number of hydrogen-bond acceptors (Lipinski definition) is 3. The standard InChI is InChI=1S/C16H17NO2/c1-18-11-7-8-16(19-2)13(9-11)14-10-17-15-6-4-3-5-12(14)15/h3-9,14,17H,10H2,1-2H3. The third-order valence-corrected chi connectivity index (χ3v) is 3.65. The summed E-state index contributed by atoms with van der Waals surface area (Å²) in [4.78, 5) is 0. The topological polar surface area (TPSA) is 30.5 Å². The summed E-state index contributed by atoms with van der Waals surface area (Å²) in [6.45, 7) is 0.892. The quantitative estimate of drug-likeness (QED) is 0.913. The fourth-order valence-electron chi connectivity index (χ4n) is 2.67. The van der Waals surface area contributed by atoms with E-state index in [1.54, 1.807) is 14.2 Å². The minimum Gasteiger partial charge on any atom is -0.497 e. The number of anilines is 1. The summed E-state index contributed by atoms with van der Waals surface area (Å²) in [5.74, 6) is 2.07. The Kier molecular flexibility index (Phi) is 3.03. The van der Waals surface area contributed by atoms with E-state index in [0.29, 0.717) is 5.92 Å². The molecule has 0 spiro atoms. The molecule has 1 atom stereocenters. The lowest BCUT2D eigenvalue weighted by Crippen LogP contribution is -2.06. The van der Waals surface area contributed by atoms with Gasteiger partial charge in [0.2, 0.25) is 0 Å². The molecular weight excluding hydrogens is 238 g/mol. The highest BCUT2D eigenvalue weighted by molar-refractivity contribution is 5.62. The Bertz CT molecular complexity index is 595. The normalized spacial score (nSPS) is 16.6. The van der Waals surface area contributed by atoms with Crippen LogP contribution in [-0.2, 0) is 0 Å². The molecule has 0 bridgehead atoms. The molecule has 0 saturated heterocycles. The third-order valence-electron chi connectivity index (χ3n) is 3.65. The number of rotatable bonds is 3. The zero-order chi connectivity index (χ0) is 13.2.